The molecule has 0 amide bonds. The first-order valence-electron chi connectivity index (χ1n) is 6.17. The van der Waals surface area contributed by atoms with Gasteiger partial charge in [0.25, 0.3) is 0 Å². The van der Waals surface area contributed by atoms with Crippen molar-refractivity contribution in [2.45, 2.75) is 51.0 Å². The molecule has 2 rings (SSSR count). The number of aryl methyl sites for hydroxylation is 1. The maximum atomic E-state index is 13.6. The summed E-state index contributed by atoms with van der Waals surface area (Å²) in [5.41, 5.74) is 7.80. The molecule has 0 unspecified atom stereocenters. The monoisotopic (exact) mass is 221 g/mol. The largest absolute Gasteiger partial charge is 0.321 e. The van der Waals surface area contributed by atoms with Crippen LogP contribution in [-0.2, 0) is 5.54 Å². The lowest BCUT2D eigenvalue weighted by molar-refractivity contribution is 0.383. The first-order chi connectivity index (χ1) is 7.62. The molecule has 0 radical (unpaired) electrons. The Kier molecular flexibility index (Phi) is 3.29. The molecule has 1 aliphatic carbocycles. The van der Waals surface area contributed by atoms with Crippen molar-refractivity contribution in [1.82, 2.24) is 0 Å². The highest BCUT2D eigenvalue weighted by molar-refractivity contribution is 5.29. The van der Waals surface area contributed by atoms with Crippen LogP contribution in [0.3, 0.4) is 0 Å². The number of rotatable bonds is 1. The van der Waals surface area contributed by atoms with Gasteiger partial charge in [-0.15, -0.1) is 0 Å². The van der Waals surface area contributed by atoms with Crippen LogP contribution in [0.5, 0.6) is 0 Å². The molecule has 1 nitrogen and oxygen atoms in total. The summed E-state index contributed by atoms with van der Waals surface area (Å²) in [4.78, 5) is 0. The van der Waals surface area contributed by atoms with Crippen molar-refractivity contribution in [3.05, 3.63) is 35.1 Å². The third kappa shape index (κ3) is 2.27. The van der Waals surface area contributed by atoms with Gasteiger partial charge in [-0.2, -0.15) is 0 Å². The predicted molar refractivity (Wildman–Crippen MR) is 64.7 cm³/mol. The molecule has 2 heteroatoms. The summed E-state index contributed by atoms with van der Waals surface area (Å²) < 4.78 is 13.6. The van der Waals surface area contributed by atoms with Crippen LogP contribution in [0.1, 0.15) is 49.7 Å². The summed E-state index contributed by atoms with van der Waals surface area (Å²) >= 11 is 0. The third-order valence-corrected chi connectivity index (χ3v) is 3.74. The molecule has 1 fully saturated rings. The van der Waals surface area contributed by atoms with Gasteiger partial charge < -0.3 is 5.73 Å². The van der Waals surface area contributed by atoms with Gasteiger partial charge in [0.1, 0.15) is 5.82 Å². The van der Waals surface area contributed by atoms with E-state index in [4.69, 9.17) is 5.73 Å². The molecule has 2 N–H and O–H groups in total. The second kappa shape index (κ2) is 4.54. The van der Waals surface area contributed by atoms with E-state index in [1.807, 2.05) is 12.1 Å². The summed E-state index contributed by atoms with van der Waals surface area (Å²) in [7, 11) is 0. The second-order valence-electron chi connectivity index (χ2n) is 5.03. The lowest BCUT2D eigenvalue weighted by atomic mass is 9.83. The Balaban J connectivity index is 2.29. The molecule has 1 aliphatic rings. The van der Waals surface area contributed by atoms with Gasteiger partial charge in [0, 0.05) is 5.54 Å². The zero-order chi connectivity index (χ0) is 11.6. The molecule has 16 heavy (non-hydrogen) atoms. The third-order valence-electron chi connectivity index (χ3n) is 3.74. The van der Waals surface area contributed by atoms with Crippen LogP contribution in [0.15, 0.2) is 18.2 Å². The van der Waals surface area contributed by atoms with E-state index in [0.29, 0.717) is 5.56 Å². The van der Waals surface area contributed by atoms with Gasteiger partial charge >= 0.3 is 0 Å². The molecule has 1 saturated carbocycles. The molecule has 1 aromatic rings. The molecule has 0 heterocycles. The van der Waals surface area contributed by atoms with Crippen molar-refractivity contribution in [2.75, 3.05) is 0 Å². The highest BCUT2D eigenvalue weighted by Crippen LogP contribution is 2.34. The predicted octanol–water partition coefficient (Wildman–Crippen LogP) is 3.64. The van der Waals surface area contributed by atoms with Crippen LogP contribution in [0, 0.1) is 12.7 Å². The first-order valence-corrected chi connectivity index (χ1v) is 6.17. The number of halogens is 1. The fourth-order valence-electron chi connectivity index (χ4n) is 2.55. The Bertz CT molecular complexity index is 365. The van der Waals surface area contributed by atoms with E-state index in [1.165, 1.54) is 12.8 Å². The summed E-state index contributed by atoms with van der Waals surface area (Å²) in [6.07, 6.45) is 6.80. The van der Waals surface area contributed by atoms with Crippen LogP contribution in [-0.4, -0.2) is 0 Å². The molecular formula is C14H20FN. The maximum Gasteiger partial charge on any atom is 0.126 e. The van der Waals surface area contributed by atoms with Crippen molar-refractivity contribution < 1.29 is 4.39 Å². The van der Waals surface area contributed by atoms with Gasteiger partial charge in [0.05, 0.1) is 0 Å². The topological polar surface area (TPSA) is 26.0 Å². The van der Waals surface area contributed by atoms with Crippen LogP contribution >= 0.6 is 0 Å². The lowest BCUT2D eigenvalue weighted by Crippen LogP contribution is -2.36. The molecule has 0 aliphatic heterocycles. The van der Waals surface area contributed by atoms with E-state index in [1.54, 1.807) is 13.0 Å². The van der Waals surface area contributed by atoms with Gasteiger partial charge in [-0.05, 0) is 37.0 Å². The zero-order valence-electron chi connectivity index (χ0n) is 9.93. The van der Waals surface area contributed by atoms with Gasteiger partial charge in [0.15, 0.2) is 0 Å². The first kappa shape index (κ1) is 11.6. The van der Waals surface area contributed by atoms with Gasteiger partial charge in [0.2, 0.25) is 0 Å². The summed E-state index contributed by atoms with van der Waals surface area (Å²) in [6, 6.07) is 5.45. The average molecular weight is 221 g/mol. The fraction of sp³-hybridized carbons (Fsp3) is 0.571. The van der Waals surface area contributed by atoms with E-state index < -0.39 is 0 Å². The summed E-state index contributed by atoms with van der Waals surface area (Å²) in [5, 5.41) is 0. The van der Waals surface area contributed by atoms with E-state index in [0.717, 1.165) is 31.2 Å². The Morgan fingerprint density at radius 2 is 1.75 bits per heavy atom. The van der Waals surface area contributed by atoms with E-state index in [2.05, 4.69) is 0 Å². The zero-order valence-corrected chi connectivity index (χ0v) is 9.93. The minimum absolute atomic E-state index is 0.133. The van der Waals surface area contributed by atoms with E-state index >= 15 is 0 Å². The normalized spacial score (nSPS) is 20.4. The van der Waals surface area contributed by atoms with Crippen LogP contribution in [0.25, 0.3) is 0 Å². The number of nitrogens with two attached hydrogens (primary N) is 1. The number of benzene rings is 1. The quantitative estimate of drug-likeness (QED) is 0.720. The Hall–Kier alpha value is -0.890. The molecule has 0 saturated heterocycles. The Morgan fingerprint density at radius 3 is 2.31 bits per heavy atom. The van der Waals surface area contributed by atoms with Crippen LogP contribution in [0.2, 0.25) is 0 Å². The van der Waals surface area contributed by atoms with Crippen molar-refractivity contribution >= 4 is 0 Å². The van der Waals surface area contributed by atoms with Gasteiger partial charge in [-0.25, -0.2) is 4.39 Å². The second-order valence-corrected chi connectivity index (χ2v) is 5.03. The minimum Gasteiger partial charge on any atom is -0.321 e. The Morgan fingerprint density at radius 1 is 1.12 bits per heavy atom. The molecule has 0 spiro atoms. The number of hydrogen-bond acceptors (Lipinski definition) is 1. The number of hydrogen-bond donors (Lipinski definition) is 1. The summed E-state index contributed by atoms with van der Waals surface area (Å²) in [5.74, 6) is -0.133. The molecule has 0 aromatic heterocycles. The molecule has 0 atom stereocenters. The molecule has 1 aromatic carbocycles. The molecular weight excluding hydrogens is 201 g/mol. The van der Waals surface area contributed by atoms with E-state index in [9.17, 15) is 4.39 Å². The summed E-state index contributed by atoms with van der Waals surface area (Å²) in [6.45, 7) is 1.79. The van der Waals surface area contributed by atoms with Crippen molar-refractivity contribution in [3.8, 4) is 0 Å². The van der Waals surface area contributed by atoms with Crippen LogP contribution < -0.4 is 5.73 Å². The van der Waals surface area contributed by atoms with Crippen molar-refractivity contribution in [1.29, 1.82) is 0 Å². The SMILES string of the molecule is Cc1ccc(C2(N)CCCCCC2)cc1F. The van der Waals surface area contributed by atoms with E-state index in [-0.39, 0.29) is 11.4 Å². The highest BCUT2D eigenvalue weighted by Gasteiger charge is 2.28. The maximum absolute atomic E-state index is 13.6. The molecule has 88 valence electrons. The van der Waals surface area contributed by atoms with Gasteiger partial charge in [-0.3, -0.25) is 0 Å². The average Bonchev–Trinajstić information content (AvgIpc) is 2.48. The van der Waals surface area contributed by atoms with Crippen LogP contribution in [0.4, 0.5) is 4.39 Å². The molecule has 0 bridgehead atoms. The Labute approximate surface area is 96.9 Å². The minimum atomic E-state index is -0.301. The van der Waals surface area contributed by atoms with Gasteiger partial charge in [-0.1, -0.05) is 37.8 Å². The van der Waals surface area contributed by atoms with Crippen molar-refractivity contribution in [3.63, 3.8) is 0 Å². The smallest absolute Gasteiger partial charge is 0.126 e. The van der Waals surface area contributed by atoms with Crippen molar-refractivity contribution in [2.24, 2.45) is 5.73 Å². The standard InChI is InChI=1S/C14H20FN/c1-11-6-7-12(10-13(11)15)14(16)8-4-2-3-5-9-14/h6-7,10H,2-5,8-9,16H2,1H3. The highest BCUT2D eigenvalue weighted by atomic mass is 19.1. The lowest BCUT2D eigenvalue weighted by Gasteiger charge is -2.29. The fourth-order valence-corrected chi connectivity index (χ4v) is 2.55.